The highest BCUT2D eigenvalue weighted by atomic mass is 32.2. The topological polar surface area (TPSA) is 74.7 Å². The van der Waals surface area contributed by atoms with Gasteiger partial charge in [-0.3, -0.25) is 19.3 Å². The SMILES string of the molecule is CCc1ccc(/C=C2\SC(=O)N(CC(=O)O)C2=O)cc1. The number of nitrogens with zero attached hydrogens (tertiary/aromatic N) is 1. The van der Waals surface area contributed by atoms with Crippen molar-refractivity contribution in [2.45, 2.75) is 13.3 Å². The van der Waals surface area contributed by atoms with Crippen LogP contribution in [0.1, 0.15) is 18.1 Å². The molecule has 104 valence electrons. The van der Waals surface area contributed by atoms with Gasteiger partial charge in [-0.15, -0.1) is 0 Å². The molecule has 0 bridgehead atoms. The largest absolute Gasteiger partial charge is 0.480 e. The Bertz CT molecular complexity index is 592. The quantitative estimate of drug-likeness (QED) is 0.862. The highest BCUT2D eigenvalue weighted by Crippen LogP contribution is 2.31. The second-order valence-electron chi connectivity index (χ2n) is 4.26. The van der Waals surface area contributed by atoms with Gasteiger partial charge in [0.05, 0.1) is 4.91 Å². The fraction of sp³-hybridized carbons (Fsp3) is 0.214. The lowest BCUT2D eigenvalue weighted by atomic mass is 10.1. The molecule has 2 rings (SSSR count). The lowest BCUT2D eigenvalue weighted by molar-refractivity contribution is -0.140. The molecule has 0 unspecified atom stereocenters. The summed E-state index contributed by atoms with van der Waals surface area (Å²) in [5, 5.41) is 8.12. The van der Waals surface area contributed by atoms with Gasteiger partial charge in [-0.2, -0.15) is 0 Å². The number of benzene rings is 1. The number of hydrogen-bond acceptors (Lipinski definition) is 4. The first-order chi connectivity index (χ1) is 9.51. The normalized spacial score (nSPS) is 17.1. The van der Waals surface area contributed by atoms with E-state index in [2.05, 4.69) is 0 Å². The first kappa shape index (κ1) is 14.3. The number of aryl methyl sites for hydroxylation is 1. The van der Waals surface area contributed by atoms with Gasteiger partial charge in [0.25, 0.3) is 11.1 Å². The Kier molecular flexibility index (Phi) is 4.24. The minimum absolute atomic E-state index is 0.250. The van der Waals surface area contributed by atoms with E-state index in [4.69, 9.17) is 5.11 Å². The molecule has 0 saturated carbocycles. The summed E-state index contributed by atoms with van der Waals surface area (Å²) in [5.41, 5.74) is 1.99. The molecule has 1 fully saturated rings. The molecular formula is C14H13NO4S. The Balaban J connectivity index is 2.20. The van der Waals surface area contributed by atoms with Crippen molar-refractivity contribution >= 4 is 35.0 Å². The van der Waals surface area contributed by atoms with Crippen molar-refractivity contribution in [2.24, 2.45) is 0 Å². The van der Waals surface area contributed by atoms with Crippen LogP contribution in [0.2, 0.25) is 0 Å². The lowest BCUT2D eigenvalue weighted by Crippen LogP contribution is -2.33. The van der Waals surface area contributed by atoms with E-state index >= 15 is 0 Å². The standard InChI is InChI=1S/C14H13NO4S/c1-2-9-3-5-10(6-4-9)7-11-13(18)15(8-12(16)17)14(19)20-11/h3-7H,2,8H2,1H3,(H,16,17)/b11-7-. The third-order valence-corrected chi connectivity index (χ3v) is 3.76. The van der Waals surface area contributed by atoms with Crippen molar-refractivity contribution in [1.29, 1.82) is 0 Å². The van der Waals surface area contributed by atoms with E-state index in [1.54, 1.807) is 6.08 Å². The van der Waals surface area contributed by atoms with Crippen LogP contribution in [0.25, 0.3) is 6.08 Å². The summed E-state index contributed by atoms with van der Waals surface area (Å²) in [6.45, 7) is 1.45. The lowest BCUT2D eigenvalue weighted by Gasteiger charge is -2.07. The fourth-order valence-electron chi connectivity index (χ4n) is 1.77. The maximum atomic E-state index is 11.9. The maximum absolute atomic E-state index is 11.9. The summed E-state index contributed by atoms with van der Waals surface area (Å²) in [6, 6.07) is 7.63. The smallest absolute Gasteiger partial charge is 0.323 e. The van der Waals surface area contributed by atoms with Crippen molar-refractivity contribution in [3.63, 3.8) is 0 Å². The number of carbonyl (C=O) groups is 3. The molecule has 0 spiro atoms. The van der Waals surface area contributed by atoms with Crippen LogP contribution in [0.5, 0.6) is 0 Å². The van der Waals surface area contributed by atoms with Crippen molar-refractivity contribution in [3.8, 4) is 0 Å². The number of imide groups is 1. The van der Waals surface area contributed by atoms with Crippen molar-refractivity contribution < 1.29 is 19.5 Å². The number of carboxylic acid groups (broad SMARTS) is 1. The first-order valence-electron chi connectivity index (χ1n) is 6.07. The number of aliphatic carboxylic acids is 1. The van der Waals surface area contributed by atoms with Crippen molar-refractivity contribution in [1.82, 2.24) is 4.90 Å². The minimum atomic E-state index is -1.21. The third-order valence-electron chi connectivity index (χ3n) is 2.85. The average molecular weight is 291 g/mol. The monoisotopic (exact) mass is 291 g/mol. The summed E-state index contributed by atoms with van der Waals surface area (Å²) < 4.78 is 0. The highest BCUT2D eigenvalue weighted by molar-refractivity contribution is 8.18. The summed E-state index contributed by atoms with van der Waals surface area (Å²) in [7, 11) is 0. The van der Waals surface area contributed by atoms with Crippen LogP contribution in [0.15, 0.2) is 29.2 Å². The molecule has 1 aromatic rings. The van der Waals surface area contributed by atoms with E-state index in [1.165, 1.54) is 5.56 Å². The number of thioether (sulfide) groups is 1. The van der Waals surface area contributed by atoms with Crippen LogP contribution in [0, 0.1) is 0 Å². The van der Waals surface area contributed by atoms with E-state index in [1.807, 2.05) is 31.2 Å². The molecule has 1 aromatic carbocycles. The van der Waals surface area contributed by atoms with Crippen LogP contribution in [0.3, 0.4) is 0 Å². The van der Waals surface area contributed by atoms with Gasteiger partial charge in [0.15, 0.2) is 0 Å². The zero-order chi connectivity index (χ0) is 14.7. The predicted molar refractivity (Wildman–Crippen MR) is 76.1 cm³/mol. The molecule has 1 aliphatic rings. The molecule has 1 aliphatic heterocycles. The van der Waals surface area contributed by atoms with Gasteiger partial charge in [0.1, 0.15) is 6.54 Å². The van der Waals surface area contributed by atoms with Crippen LogP contribution in [-0.2, 0) is 16.0 Å². The van der Waals surface area contributed by atoms with Gasteiger partial charge < -0.3 is 5.11 Å². The Morgan fingerprint density at radius 3 is 2.50 bits per heavy atom. The Morgan fingerprint density at radius 2 is 1.95 bits per heavy atom. The highest BCUT2D eigenvalue weighted by Gasteiger charge is 2.36. The molecule has 0 aromatic heterocycles. The van der Waals surface area contributed by atoms with E-state index in [0.717, 1.165) is 28.6 Å². The first-order valence-corrected chi connectivity index (χ1v) is 6.89. The average Bonchev–Trinajstić information content (AvgIpc) is 2.67. The van der Waals surface area contributed by atoms with Gasteiger partial charge in [0, 0.05) is 0 Å². The van der Waals surface area contributed by atoms with E-state index in [0.29, 0.717) is 0 Å². The Morgan fingerprint density at radius 1 is 1.30 bits per heavy atom. The number of carboxylic acids is 1. The number of carbonyl (C=O) groups excluding carboxylic acids is 2. The van der Waals surface area contributed by atoms with Gasteiger partial charge in [-0.05, 0) is 35.4 Å². The number of amides is 2. The number of rotatable bonds is 4. The van der Waals surface area contributed by atoms with Crippen LogP contribution < -0.4 is 0 Å². The van der Waals surface area contributed by atoms with E-state index in [9.17, 15) is 14.4 Å². The molecule has 6 heteroatoms. The fourth-order valence-corrected chi connectivity index (χ4v) is 2.61. The molecule has 2 amide bonds. The molecular weight excluding hydrogens is 278 g/mol. The van der Waals surface area contributed by atoms with Crippen molar-refractivity contribution in [2.75, 3.05) is 6.54 Å². The maximum Gasteiger partial charge on any atom is 0.323 e. The summed E-state index contributed by atoms with van der Waals surface area (Å²) in [5.74, 6) is -1.76. The molecule has 20 heavy (non-hydrogen) atoms. The third kappa shape index (κ3) is 3.08. The van der Waals surface area contributed by atoms with Crippen LogP contribution in [-0.4, -0.2) is 33.7 Å². The Hall–Kier alpha value is -2.08. The minimum Gasteiger partial charge on any atom is -0.480 e. The van der Waals surface area contributed by atoms with Gasteiger partial charge in [-0.25, -0.2) is 0 Å². The molecule has 0 aliphatic carbocycles. The van der Waals surface area contributed by atoms with Crippen LogP contribution >= 0.6 is 11.8 Å². The van der Waals surface area contributed by atoms with E-state index in [-0.39, 0.29) is 4.91 Å². The summed E-state index contributed by atoms with van der Waals surface area (Å²) >= 11 is 0.764. The van der Waals surface area contributed by atoms with Gasteiger partial charge in [-0.1, -0.05) is 31.2 Å². The summed E-state index contributed by atoms with van der Waals surface area (Å²) in [4.78, 5) is 35.1. The van der Waals surface area contributed by atoms with E-state index < -0.39 is 23.7 Å². The zero-order valence-electron chi connectivity index (χ0n) is 10.8. The molecule has 1 N–H and O–H groups in total. The predicted octanol–water partition coefficient (Wildman–Crippen LogP) is 2.37. The van der Waals surface area contributed by atoms with Gasteiger partial charge in [0.2, 0.25) is 0 Å². The van der Waals surface area contributed by atoms with Gasteiger partial charge >= 0.3 is 5.97 Å². The molecule has 1 saturated heterocycles. The second kappa shape index (κ2) is 5.92. The molecule has 1 heterocycles. The summed E-state index contributed by atoms with van der Waals surface area (Å²) in [6.07, 6.45) is 2.53. The number of hydrogen-bond donors (Lipinski definition) is 1. The second-order valence-corrected chi connectivity index (χ2v) is 5.25. The van der Waals surface area contributed by atoms with Crippen LogP contribution in [0.4, 0.5) is 4.79 Å². The molecule has 5 nitrogen and oxygen atoms in total. The molecule has 0 radical (unpaired) electrons. The van der Waals surface area contributed by atoms with Crippen molar-refractivity contribution in [3.05, 3.63) is 40.3 Å². The molecule has 0 atom stereocenters. The zero-order valence-corrected chi connectivity index (χ0v) is 11.6. The Labute approximate surface area is 120 Å².